The molecule has 2 heterocycles. The second-order valence-corrected chi connectivity index (χ2v) is 12.6. The number of benzene rings is 4. The number of hydrogen-bond donors (Lipinski definition) is 4. The highest BCUT2D eigenvalue weighted by molar-refractivity contribution is 6.02. The van der Waals surface area contributed by atoms with Crippen LogP contribution in [0.15, 0.2) is 78.9 Å². The SMILES string of the molecule is CC.CC(=O)C(CCCCNC(=O)CCCc1ccc(C)cc1)NC(=O)c1ccc2c(c1)C(=O)OC21c2ccc(O)cc2Oc2cc(O)ccc21. The van der Waals surface area contributed by atoms with Crippen molar-refractivity contribution in [2.45, 2.75) is 77.9 Å². The van der Waals surface area contributed by atoms with Crippen LogP contribution >= 0.6 is 0 Å². The molecule has 0 aromatic heterocycles. The normalized spacial score (nSPS) is 13.7. The minimum absolute atomic E-state index is 0.00975. The molecule has 6 rings (SSSR count). The zero-order valence-corrected chi connectivity index (χ0v) is 29.4. The Bertz CT molecular complexity index is 1880. The van der Waals surface area contributed by atoms with E-state index in [1.54, 1.807) is 24.3 Å². The Labute approximate surface area is 297 Å². The predicted molar refractivity (Wildman–Crippen MR) is 192 cm³/mol. The average Bonchev–Trinajstić information content (AvgIpc) is 3.40. The molecule has 4 aromatic carbocycles. The number of ether oxygens (including phenoxy) is 2. The van der Waals surface area contributed by atoms with Gasteiger partial charge in [-0.15, -0.1) is 0 Å². The number of phenolic OH excluding ortho intramolecular Hbond substituents is 2. The second kappa shape index (κ2) is 15.9. The number of Topliss-reactive ketones (excluding diaryl/α,β-unsaturated/α-hetero) is 1. The minimum Gasteiger partial charge on any atom is -0.508 e. The van der Waals surface area contributed by atoms with E-state index in [1.807, 2.05) is 20.8 Å². The molecule has 2 aliphatic heterocycles. The van der Waals surface area contributed by atoms with Gasteiger partial charge in [0.15, 0.2) is 11.4 Å². The number of fused-ring (bicyclic) bond motifs is 6. The van der Waals surface area contributed by atoms with Crippen molar-refractivity contribution in [1.29, 1.82) is 0 Å². The monoisotopic (exact) mass is 692 g/mol. The summed E-state index contributed by atoms with van der Waals surface area (Å²) in [6, 6.07) is 21.2. The fourth-order valence-corrected chi connectivity index (χ4v) is 6.46. The first-order valence-electron chi connectivity index (χ1n) is 17.4. The van der Waals surface area contributed by atoms with Gasteiger partial charge in [0.05, 0.1) is 11.6 Å². The van der Waals surface area contributed by atoms with Gasteiger partial charge in [0.1, 0.15) is 23.0 Å². The Morgan fingerprint density at radius 2 is 1.43 bits per heavy atom. The van der Waals surface area contributed by atoms with Crippen LogP contribution in [-0.2, 0) is 26.3 Å². The van der Waals surface area contributed by atoms with Crippen molar-refractivity contribution in [1.82, 2.24) is 10.6 Å². The molecule has 1 spiro atoms. The highest BCUT2D eigenvalue weighted by Gasteiger charge is 2.53. The topological polar surface area (TPSA) is 151 Å². The Balaban J connectivity index is 0.00000248. The van der Waals surface area contributed by atoms with Crippen LogP contribution < -0.4 is 15.4 Å². The van der Waals surface area contributed by atoms with Gasteiger partial charge in [-0.1, -0.05) is 49.7 Å². The van der Waals surface area contributed by atoms with E-state index >= 15 is 0 Å². The lowest BCUT2D eigenvalue weighted by Gasteiger charge is -2.36. The van der Waals surface area contributed by atoms with E-state index in [0.29, 0.717) is 48.9 Å². The maximum absolute atomic E-state index is 13.4. The summed E-state index contributed by atoms with van der Waals surface area (Å²) >= 11 is 0. The van der Waals surface area contributed by atoms with Gasteiger partial charge < -0.3 is 30.3 Å². The Kier molecular flexibility index (Phi) is 11.4. The van der Waals surface area contributed by atoms with Crippen molar-refractivity contribution in [3.05, 3.63) is 118 Å². The van der Waals surface area contributed by atoms with E-state index in [1.165, 1.54) is 48.4 Å². The van der Waals surface area contributed by atoms with Crippen molar-refractivity contribution in [2.75, 3.05) is 6.54 Å². The highest BCUT2D eigenvalue weighted by Crippen LogP contribution is 2.57. The van der Waals surface area contributed by atoms with E-state index in [-0.39, 0.29) is 45.8 Å². The summed E-state index contributed by atoms with van der Waals surface area (Å²) in [5, 5.41) is 26.0. The Morgan fingerprint density at radius 1 is 0.804 bits per heavy atom. The van der Waals surface area contributed by atoms with Gasteiger partial charge in [0, 0.05) is 47.4 Å². The van der Waals surface area contributed by atoms with Crippen LogP contribution in [0, 0.1) is 6.92 Å². The lowest BCUT2D eigenvalue weighted by atomic mass is 9.77. The first-order valence-corrected chi connectivity index (χ1v) is 17.4. The summed E-state index contributed by atoms with van der Waals surface area (Å²) in [5.74, 6) is -0.984. The zero-order valence-electron chi connectivity index (χ0n) is 29.4. The van der Waals surface area contributed by atoms with E-state index < -0.39 is 23.5 Å². The minimum atomic E-state index is -1.44. The van der Waals surface area contributed by atoms with Crippen LogP contribution in [-0.4, -0.2) is 46.4 Å². The summed E-state index contributed by atoms with van der Waals surface area (Å²) in [5.41, 5.74) is 2.74. The van der Waals surface area contributed by atoms with Crippen molar-refractivity contribution in [2.24, 2.45) is 0 Å². The number of aryl methyl sites for hydroxylation is 2. The molecule has 0 radical (unpaired) electrons. The third-order valence-electron chi connectivity index (χ3n) is 9.06. The standard InChI is InChI=1S/C39H38N2O8.C2H6/c1-23-9-11-25(12-10-23)6-5-8-36(45)40-19-4-3-7-33(24(2)42)41-37(46)26-13-16-30-29(20-26)38(47)49-39(30)31-17-14-27(43)21-34(31)48-35-22-28(44)15-18-32(35)39;1-2/h9-18,20-22,33,43-44H,3-8,19H2,1-2H3,(H,40,45)(H,41,46);1-2H3. The maximum Gasteiger partial charge on any atom is 0.340 e. The number of rotatable bonds is 12. The van der Waals surface area contributed by atoms with Crippen LogP contribution in [0.2, 0.25) is 0 Å². The quantitative estimate of drug-likeness (QED) is 0.0916. The number of hydrogen-bond acceptors (Lipinski definition) is 8. The summed E-state index contributed by atoms with van der Waals surface area (Å²) < 4.78 is 12.1. The molecule has 4 aromatic rings. The molecule has 0 fully saturated rings. The highest BCUT2D eigenvalue weighted by atomic mass is 16.6. The summed E-state index contributed by atoms with van der Waals surface area (Å²) in [6.45, 7) is 7.94. The number of aromatic hydroxyl groups is 2. The molecule has 2 aliphatic rings. The molecular weight excluding hydrogens is 648 g/mol. The number of carbonyl (C=O) groups is 4. The number of unbranched alkanes of at least 4 members (excludes halogenated alkanes) is 1. The largest absolute Gasteiger partial charge is 0.508 e. The number of phenols is 2. The van der Waals surface area contributed by atoms with E-state index in [2.05, 4.69) is 34.9 Å². The van der Waals surface area contributed by atoms with Crippen molar-refractivity contribution >= 4 is 23.6 Å². The number of ketones is 1. The number of nitrogens with one attached hydrogen (secondary N) is 2. The van der Waals surface area contributed by atoms with Gasteiger partial charge in [0.2, 0.25) is 5.91 Å². The molecule has 1 unspecified atom stereocenters. The van der Waals surface area contributed by atoms with Gasteiger partial charge in [-0.2, -0.15) is 0 Å². The van der Waals surface area contributed by atoms with Gasteiger partial charge in [-0.05, 0) is 87.9 Å². The van der Waals surface area contributed by atoms with Gasteiger partial charge in [-0.25, -0.2) is 4.79 Å². The maximum atomic E-state index is 13.4. The van der Waals surface area contributed by atoms with E-state index in [0.717, 1.165) is 12.8 Å². The van der Waals surface area contributed by atoms with Gasteiger partial charge >= 0.3 is 5.97 Å². The molecule has 0 saturated heterocycles. The molecule has 0 saturated carbocycles. The van der Waals surface area contributed by atoms with Crippen LogP contribution in [0.5, 0.6) is 23.0 Å². The summed E-state index contributed by atoms with van der Waals surface area (Å²) in [4.78, 5) is 51.5. The molecule has 51 heavy (non-hydrogen) atoms. The van der Waals surface area contributed by atoms with Crippen molar-refractivity contribution in [3.8, 4) is 23.0 Å². The van der Waals surface area contributed by atoms with E-state index in [9.17, 15) is 29.4 Å². The van der Waals surface area contributed by atoms with Crippen LogP contribution in [0.25, 0.3) is 0 Å². The molecular formula is C41H44N2O8. The van der Waals surface area contributed by atoms with Crippen molar-refractivity contribution < 1.29 is 38.9 Å². The fourth-order valence-electron chi connectivity index (χ4n) is 6.46. The lowest BCUT2D eigenvalue weighted by molar-refractivity contribution is -0.121. The van der Waals surface area contributed by atoms with E-state index in [4.69, 9.17) is 9.47 Å². The molecule has 10 nitrogen and oxygen atoms in total. The Hall–Kier alpha value is -5.64. The van der Waals surface area contributed by atoms with Crippen LogP contribution in [0.1, 0.15) is 101 Å². The summed E-state index contributed by atoms with van der Waals surface area (Å²) in [6.07, 6.45) is 3.70. The number of amides is 2. The lowest BCUT2D eigenvalue weighted by Crippen LogP contribution is -2.40. The average molecular weight is 693 g/mol. The number of carbonyl (C=O) groups excluding carboxylic acids is 4. The third kappa shape index (κ3) is 7.90. The number of esters is 1. The molecule has 266 valence electrons. The van der Waals surface area contributed by atoms with Gasteiger partial charge in [-0.3, -0.25) is 14.4 Å². The molecule has 0 bridgehead atoms. The van der Waals surface area contributed by atoms with Gasteiger partial charge in [0.25, 0.3) is 5.91 Å². The molecule has 2 amide bonds. The molecule has 0 aliphatic carbocycles. The zero-order chi connectivity index (χ0) is 36.7. The van der Waals surface area contributed by atoms with Crippen LogP contribution in [0.3, 0.4) is 0 Å². The second-order valence-electron chi connectivity index (χ2n) is 12.6. The molecule has 10 heteroatoms. The smallest absolute Gasteiger partial charge is 0.340 e. The van der Waals surface area contributed by atoms with Crippen molar-refractivity contribution in [3.63, 3.8) is 0 Å². The Morgan fingerprint density at radius 3 is 2.06 bits per heavy atom. The summed E-state index contributed by atoms with van der Waals surface area (Å²) in [7, 11) is 0. The first kappa shape index (κ1) is 36.6. The van der Waals surface area contributed by atoms with Crippen LogP contribution in [0.4, 0.5) is 0 Å². The molecule has 4 N–H and O–H groups in total. The predicted octanol–water partition coefficient (Wildman–Crippen LogP) is 7.00. The molecule has 1 atom stereocenters. The third-order valence-corrected chi connectivity index (χ3v) is 9.06. The fraction of sp³-hybridized carbons (Fsp3) is 0.317. The first-order chi connectivity index (χ1) is 24.5.